The van der Waals surface area contributed by atoms with Crippen molar-refractivity contribution in [1.82, 2.24) is 9.80 Å². The summed E-state index contributed by atoms with van der Waals surface area (Å²) in [5.41, 5.74) is 0.458. The maximum absolute atomic E-state index is 13.5. The smallest absolute Gasteiger partial charge is 0.255 e. The van der Waals surface area contributed by atoms with Crippen LogP contribution in [0.2, 0.25) is 20.1 Å². The number of hydrogen-bond acceptors (Lipinski definition) is 2. The lowest BCUT2D eigenvalue weighted by atomic mass is 9.78. The van der Waals surface area contributed by atoms with Crippen molar-refractivity contribution in [3.8, 4) is 0 Å². The van der Waals surface area contributed by atoms with Gasteiger partial charge in [-0.05, 0) is 49.2 Å². The molecular formula is C23H22Cl4N2O2. The predicted octanol–water partition coefficient (Wildman–Crippen LogP) is 6.60. The summed E-state index contributed by atoms with van der Waals surface area (Å²) in [7, 11) is 0. The highest BCUT2D eigenvalue weighted by Crippen LogP contribution is 2.39. The molecule has 0 aromatic heterocycles. The summed E-state index contributed by atoms with van der Waals surface area (Å²) in [6.45, 7) is 1.34. The van der Waals surface area contributed by atoms with Crippen molar-refractivity contribution < 1.29 is 9.59 Å². The molecule has 1 saturated heterocycles. The summed E-state index contributed by atoms with van der Waals surface area (Å²) in [6, 6.07) is 9.84. The molecule has 0 radical (unpaired) electrons. The maximum Gasteiger partial charge on any atom is 0.255 e. The SMILES string of the molecule is O=C(c1ccc(Cl)cc1Cl)N1CCN(C(=O)c2ccc(Cl)cc2Cl)C2(CCCCC2)C1. The van der Waals surface area contributed by atoms with Gasteiger partial charge >= 0.3 is 0 Å². The molecule has 2 fully saturated rings. The van der Waals surface area contributed by atoms with Gasteiger partial charge in [-0.1, -0.05) is 65.7 Å². The van der Waals surface area contributed by atoms with Crippen LogP contribution in [0, 0.1) is 0 Å². The second-order valence-electron chi connectivity index (χ2n) is 8.22. The first kappa shape index (κ1) is 22.7. The minimum atomic E-state index is -0.412. The van der Waals surface area contributed by atoms with Crippen LogP contribution in [-0.2, 0) is 0 Å². The van der Waals surface area contributed by atoms with E-state index < -0.39 is 5.54 Å². The van der Waals surface area contributed by atoms with Gasteiger partial charge in [-0.15, -0.1) is 0 Å². The van der Waals surface area contributed by atoms with Crippen molar-refractivity contribution in [3.63, 3.8) is 0 Å². The maximum atomic E-state index is 13.5. The minimum absolute atomic E-state index is 0.111. The van der Waals surface area contributed by atoms with Crippen LogP contribution in [0.4, 0.5) is 0 Å². The average molecular weight is 500 g/mol. The van der Waals surface area contributed by atoms with Crippen LogP contribution in [0.5, 0.6) is 0 Å². The van der Waals surface area contributed by atoms with E-state index in [9.17, 15) is 9.59 Å². The molecule has 1 aliphatic heterocycles. The van der Waals surface area contributed by atoms with E-state index in [4.69, 9.17) is 46.4 Å². The number of halogens is 4. The van der Waals surface area contributed by atoms with Crippen LogP contribution >= 0.6 is 46.4 Å². The van der Waals surface area contributed by atoms with E-state index in [1.165, 1.54) is 0 Å². The zero-order valence-corrected chi connectivity index (χ0v) is 19.9. The fourth-order valence-corrected chi connectivity index (χ4v) is 5.73. The summed E-state index contributed by atoms with van der Waals surface area (Å²) in [4.78, 5) is 30.5. The molecule has 0 bridgehead atoms. The second-order valence-corrected chi connectivity index (χ2v) is 9.90. The minimum Gasteiger partial charge on any atom is -0.334 e. The molecule has 8 heteroatoms. The third kappa shape index (κ3) is 4.54. The Balaban J connectivity index is 1.63. The predicted molar refractivity (Wildman–Crippen MR) is 126 cm³/mol. The first-order valence-corrected chi connectivity index (χ1v) is 11.8. The van der Waals surface area contributed by atoms with Crippen LogP contribution in [0.25, 0.3) is 0 Å². The number of benzene rings is 2. The summed E-state index contributed by atoms with van der Waals surface area (Å²) < 4.78 is 0. The van der Waals surface area contributed by atoms with Gasteiger partial charge < -0.3 is 9.80 Å². The Morgan fingerprint density at radius 1 is 0.742 bits per heavy atom. The number of carbonyl (C=O) groups excluding carboxylic acids is 2. The number of rotatable bonds is 2. The Hall–Kier alpha value is -1.46. The van der Waals surface area contributed by atoms with E-state index in [1.807, 2.05) is 9.80 Å². The van der Waals surface area contributed by atoms with E-state index in [0.29, 0.717) is 50.9 Å². The zero-order valence-electron chi connectivity index (χ0n) is 16.8. The second kappa shape index (κ2) is 9.19. The molecule has 1 spiro atoms. The van der Waals surface area contributed by atoms with Gasteiger partial charge in [0.15, 0.2) is 0 Å². The molecule has 2 amide bonds. The Morgan fingerprint density at radius 3 is 1.84 bits per heavy atom. The van der Waals surface area contributed by atoms with E-state index >= 15 is 0 Å². The van der Waals surface area contributed by atoms with Gasteiger partial charge in [0.05, 0.1) is 26.7 Å². The molecule has 1 aliphatic carbocycles. The van der Waals surface area contributed by atoms with Gasteiger partial charge in [-0.25, -0.2) is 0 Å². The van der Waals surface area contributed by atoms with Crippen molar-refractivity contribution in [2.75, 3.05) is 19.6 Å². The highest BCUT2D eigenvalue weighted by Gasteiger charge is 2.46. The van der Waals surface area contributed by atoms with Gasteiger partial charge in [0.25, 0.3) is 11.8 Å². The fraction of sp³-hybridized carbons (Fsp3) is 0.391. The third-order valence-electron chi connectivity index (χ3n) is 6.29. The third-order valence-corrected chi connectivity index (χ3v) is 7.39. The summed E-state index contributed by atoms with van der Waals surface area (Å²) in [5, 5.41) is 1.65. The lowest BCUT2D eigenvalue weighted by Crippen LogP contribution is -2.65. The Bertz CT molecular complexity index is 1020. The zero-order chi connectivity index (χ0) is 22.2. The molecule has 31 heavy (non-hydrogen) atoms. The molecule has 2 aliphatic rings. The molecule has 2 aromatic carbocycles. The average Bonchev–Trinajstić information content (AvgIpc) is 2.73. The lowest BCUT2D eigenvalue weighted by Gasteiger charge is -2.53. The largest absolute Gasteiger partial charge is 0.334 e. The Morgan fingerprint density at radius 2 is 1.29 bits per heavy atom. The quantitative estimate of drug-likeness (QED) is 0.466. The first-order valence-electron chi connectivity index (χ1n) is 10.3. The van der Waals surface area contributed by atoms with Crippen molar-refractivity contribution in [2.45, 2.75) is 37.6 Å². The molecule has 0 unspecified atom stereocenters. The topological polar surface area (TPSA) is 40.6 Å². The van der Waals surface area contributed by atoms with Crippen molar-refractivity contribution in [1.29, 1.82) is 0 Å². The Labute approximate surface area is 202 Å². The van der Waals surface area contributed by atoms with Gasteiger partial charge in [0, 0.05) is 29.7 Å². The van der Waals surface area contributed by atoms with Crippen LogP contribution in [0.15, 0.2) is 36.4 Å². The lowest BCUT2D eigenvalue weighted by molar-refractivity contribution is -0.0110. The number of hydrogen-bond donors (Lipinski definition) is 0. The normalized spacial score (nSPS) is 18.3. The summed E-state index contributed by atoms with van der Waals surface area (Å²) in [6.07, 6.45) is 4.86. The van der Waals surface area contributed by atoms with Gasteiger partial charge in [0.2, 0.25) is 0 Å². The molecule has 4 rings (SSSR count). The van der Waals surface area contributed by atoms with E-state index in [2.05, 4.69) is 0 Å². The molecule has 0 N–H and O–H groups in total. The number of carbonyl (C=O) groups is 2. The number of nitrogens with zero attached hydrogens (tertiary/aromatic N) is 2. The molecule has 1 saturated carbocycles. The molecular weight excluding hydrogens is 478 g/mol. The molecule has 4 nitrogen and oxygen atoms in total. The van der Waals surface area contributed by atoms with Crippen LogP contribution < -0.4 is 0 Å². The standard InChI is InChI=1S/C23H22Cl4N2O2/c24-15-4-6-17(19(26)12-15)21(30)28-10-11-29(23(14-28)8-2-1-3-9-23)22(31)18-7-5-16(25)13-20(18)27/h4-7,12-13H,1-3,8-11,14H2. The van der Waals surface area contributed by atoms with Gasteiger partial charge in [-0.2, -0.15) is 0 Å². The summed E-state index contributed by atoms with van der Waals surface area (Å²) in [5.74, 6) is -0.247. The monoisotopic (exact) mass is 498 g/mol. The van der Waals surface area contributed by atoms with Crippen molar-refractivity contribution in [2.24, 2.45) is 0 Å². The van der Waals surface area contributed by atoms with E-state index in [1.54, 1.807) is 36.4 Å². The van der Waals surface area contributed by atoms with E-state index in [-0.39, 0.29) is 11.8 Å². The van der Waals surface area contributed by atoms with Crippen LogP contribution in [0.1, 0.15) is 52.8 Å². The first-order chi connectivity index (χ1) is 14.8. The molecule has 2 aromatic rings. The van der Waals surface area contributed by atoms with Crippen LogP contribution in [-0.4, -0.2) is 46.8 Å². The van der Waals surface area contributed by atoms with Gasteiger partial charge in [-0.3, -0.25) is 9.59 Å². The highest BCUT2D eigenvalue weighted by atomic mass is 35.5. The van der Waals surface area contributed by atoms with Crippen LogP contribution in [0.3, 0.4) is 0 Å². The number of piperazine rings is 1. The van der Waals surface area contributed by atoms with E-state index in [0.717, 1.165) is 32.1 Å². The Kier molecular flexibility index (Phi) is 6.73. The van der Waals surface area contributed by atoms with Crippen molar-refractivity contribution >= 4 is 58.2 Å². The fourth-order valence-electron chi connectivity index (χ4n) is 4.75. The summed E-state index contributed by atoms with van der Waals surface area (Å²) >= 11 is 24.6. The van der Waals surface area contributed by atoms with Crippen molar-refractivity contribution in [3.05, 3.63) is 67.6 Å². The molecule has 0 atom stereocenters. The molecule has 1 heterocycles. The highest BCUT2D eigenvalue weighted by molar-refractivity contribution is 6.37. The number of amides is 2. The van der Waals surface area contributed by atoms with Gasteiger partial charge in [0.1, 0.15) is 0 Å². The molecule has 164 valence electrons.